The molecule has 11 nitrogen and oxygen atoms in total. The molecule has 29 heavy (non-hydrogen) atoms. The number of hydrogen-bond donors (Lipinski definition) is 1. The van der Waals surface area contributed by atoms with E-state index in [4.69, 9.17) is 15.2 Å². The summed E-state index contributed by atoms with van der Waals surface area (Å²) in [7, 11) is 1.52. The number of hydrogen-bond acceptors (Lipinski definition) is 8. The fraction of sp³-hybridized carbons (Fsp3) is 0.611. The summed E-state index contributed by atoms with van der Waals surface area (Å²) >= 11 is 0. The summed E-state index contributed by atoms with van der Waals surface area (Å²) in [6.07, 6.45) is 0.790. The van der Waals surface area contributed by atoms with E-state index in [2.05, 4.69) is 4.98 Å². The highest BCUT2D eigenvalue weighted by Gasteiger charge is 2.23. The minimum absolute atomic E-state index is 0.0427. The molecule has 0 atom stereocenters. The number of nitrogens with zero attached hydrogens (tertiary/aromatic N) is 4. The third kappa shape index (κ3) is 8.62. The quantitative estimate of drug-likeness (QED) is 0.594. The molecule has 0 aliphatic heterocycles. The molecule has 0 saturated carbocycles. The van der Waals surface area contributed by atoms with E-state index in [-0.39, 0.29) is 38.6 Å². The van der Waals surface area contributed by atoms with Crippen LogP contribution in [0.15, 0.2) is 17.1 Å². The lowest BCUT2D eigenvalue weighted by Crippen LogP contribution is -2.45. The number of anilines is 1. The smallest absolute Gasteiger partial charge is 0.410 e. The van der Waals surface area contributed by atoms with Crippen molar-refractivity contribution in [2.45, 2.75) is 39.8 Å². The van der Waals surface area contributed by atoms with Crippen molar-refractivity contribution >= 4 is 23.8 Å². The van der Waals surface area contributed by atoms with Crippen molar-refractivity contribution in [2.24, 2.45) is 0 Å². The second-order valence-electron chi connectivity index (χ2n) is 7.29. The second-order valence-corrected chi connectivity index (χ2v) is 7.29. The highest BCUT2D eigenvalue weighted by atomic mass is 16.6. The Kier molecular flexibility index (Phi) is 8.61. The molecule has 1 aromatic rings. The van der Waals surface area contributed by atoms with Crippen LogP contribution in [0.3, 0.4) is 0 Å². The van der Waals surface area contributed by atoms with Gasteiger partial charge in [0.05, 0.1) is 6.61 Å². The molecule has 2 amide bonds. The number of amides is 2. The first-order chi connectivity index (χ1) is 13.4. The fourth-order valence-corrected chi connectivity index (χ4v) is 2.16. The first-order valence-electron chi connectivity index (χ1n) is 9.13. The second kappa shape index (κ2) is 10.4. The molecule has 0 aliphatic carbocycles. The van der Waals surface area contributed by atoms with Crippen LogP contribution in [0.4, 0.5) is 10.6 Å². The van der Waals surface area contributed by atoms with E-state index in [0.717, 1.165) is 4.57 Å². The van der Waals surface area contributed by atoms with E-state index in [9.17, 15) is 19.2 Å². The average Bonchev–Trinajstić information content (AvgIpc) is 2.59. The van der Waals surface area contributed by atoms with Crippen LogP contribution in [-0.2, 0) is 25.6 Å². The average molecular weight is 411 g/mol. The van der Waals surface area contributed by atoms with Crippen LogP contribution in [0.2, 0.25) is 0 Å². The summed E-state index contributed by atoms with van der Waals surface area (Å²) < 4.78 is 11.2. The molecule has 0 bridgehead atoms. The van der Waals surface area contributed by atoms with Crippen molar-refractivity contribution in [1.82, 2.24) is 19.4 Å². The lowest BCUT2D eigenvalue weighted by molar-refractivity contribution is -0.149. The zero-order valence-corrected chi connectivity index (χ0v) is 17.5. The van der Waals surface area contributed by atoms with Crippen molar-refractivity contribution in [1.29, 1.82) is 0 Å². The summed E-state index contributed by atoms with van der Waals surface area (Å²) in [5, 5.41) is 0. The molecule has 0 fully saturated rings. The summed E-state index contributed by atoms with van der Waals surface area (Å²) in [6, 6.07) is 1.39. The summed E-state index contributed by atoms with van der Waals surface area (Å²) in [5.41, 5.74) is 4.10. The van der Waals surface area contributed by atoms with E-state index in [1.807, 2.05) is 0 Å². The first-order valence-corrected chi connectivity index (χ1v) is 9.13. The molecule has 11 heteroatoms. The third-order valence-corrected chi connectivity index (χ3v) is 3.59. The predicted octanol–water partition coefficient (Wildman–Crippen LogP) is 0.0841. The van der Waals surface area contributed by atoms with Crippen molar-refractivity contribution in [3.8, 4) is 0 Å². The van der Waals surface area contributed by atoms with Gasteiger partial charge in [0.15, 0.2) is 0 Å². The molecule has 0 unspecified atom stereocenters. The molecule has 162 valence electrons. The van der Waals surface area contributed by atoms with Gasteiger partial charge in [0.2, 0.25) is 5.91 Å². The molecular weight excluding hydrogens is 382 g/mol. The monoisotopic (exact) mass is 411 g/mol. The topological polar surface area (TPSA) is 137 Å². The van der Waals surface area contributed by atoms with Crippen LogP contribution in [0.25, 0.3) is 0 Å². The summed E-state index contributed by atoms with van der Waals surface area (Å²) in [4.78, 5) is 54.5. The maximum atomic E-state index is 12.7. The SMILES string of the molecule is CCOC(=O)CN(CCN(C)C(=O)OC(C)(C)C)C(=O)Cn1ccc(N)nc1=O. The Morgan fingerprint density at radius 3 is 2.45 bits per heavy atom. The van der Waals surface area contributed by atoms with Crippen molar-refractivity contribution in [2.75, 3.05) is 39.0 Å². The number of rotatable bonds is 8. The van der Waals surface area contributed by atoms with Crippen LogP contribution in [0.5, 0.6) is 0 Å². The Morgan fingerprint density at radius 1 is 1.24 bits per heavy atom. The van der Waals surface area contributed by atoms with Crippen LogP contribution >= 0.6 is 0 Å². The molecule has 0 aromatic carbocycles. The molecule has 0 aliphatic rings. The first kappa shape index (κ1) is 23.9. The molecule has 1 heterocycles. The van der Waals surface area contributed by atoms with E-state index >= 15 is 0 Å². The van der Waals surface area contributed by atoms with Gasteiger partial charge in [-0.15, -0.1) is 0 Å². The minimum Gasteiger partial charge on any atom is -0.465 e. The largest absolute Gasteiger partial charge is 0.465 e. The van der Waals surface area contributed by atoms with E-state index in [1.165, 1.54) is 29.1 Å². The molecule has 0 radical (unpaired) electrons. The highest BCUT2D eigenvalue weighted by molar-refractivity contribution is 5.82. The van der Waals surface area contributed by atoms with Crippen molar-refractivity contribution < 1.29 is 23.9 Å². The normalized spacial score (nSPS) is 10.9. The lowest BCUT2D eigenvalue weighted by Gasteiger charge is -2.27. The number of aromatic nitrogens is 2. The number of ether oxygens (including phenoxy) is 2. The van der Waals surface area contributed by atoms with E-state index < -0.39 is 29.3 Å². The van der Waals surface area contributed by atoms with Crippen molar-refractivity contribution in [3.63, 3.8) is 0 Å². The Labute approximate surface area is 169 Å². The summed E-state index contributed by atoms with van der Waals surface area (Å²) in [6.45, 7) is 6.57. The zero-order valence-electron chi connectivity index (χ0n) is 17.5. The molecule has 1 aromatic heterocycles. The highest BCUT2D eigenvalue weighted by Crippen LogP contribution is 2.09. The van der Waals surface area contributed by atoms with Crippen molar-refractivity contribution in [3.05, 3.63) is 22.7 Å². The van der Waals surface area contributed by atoms with Gasteiger partial charge in [-0.3, -0.25) is 14.2 Å². The Bertz CT molecular complexity index is 786. The zero-order chi connectivity index (χ0) is 22.2. The number of carbonyl (C=O) groups is 3. The van der Waals surface area contributed by atoms with Gasteiger partial charge in [0.1, 0.15) is 24.5 Å². The van der Waals surface area contributed by atoms with Gasteiger partial charge in [-0.1, -0.05) is 0 Å². The standard InChI is InChI=1S/C18H29N5O6/c1-6-28-15(25)12-22(10-9-21(5)17(27)29-18(2,3)4)14(24)11-23-8-7-13(19)20-16(23)26/h7-8H,6,9-12H2,1-5H3,(H2,19,20,26). The Morgan fingerprint density at radius 2 is 1.90 bits per heavy atom. The number of carbonyl (C=O) groups excluding carboxylic acids is 3. The van der Waals surface area contributed by atoms with Crippen LogP contribution in [-0.4, -0.2) is 76.2 Å². The van der Waals surface area contributed by atoms with Crippen LogP contribution < -0.4 is 11.4 Å². The van der Waals surface area contributed by atoms with Gasteiger partial charge in [-0.05, 0) is 33.8 Å². The third-order valence-electron chi connectivity index (χ3n) is 3.59. The van der Waals surface area contributed by atoms with Crippen LogP contribution in [0.1, 0.15) is 27.7 Å². The van der Waals surface area contributed by atoms with Gasteiger partial charge in [-0.25, -0.2) is 9.59 Å². The van der Waals surface area contributed by atoms with Gasteiger partial charge in [0.25, 0.3) is 0 Å². The predicted molar refractivity (Wildman–Crippen MR) is 105 cm³/mol. The maximum absolute atomic E-state index is 12.7. The Balaban J connectivity index is 2.84. The molecule has 0 saturated heterocycles. The minimum atomic E-state index is -0.680. The number of nitrogens with two attached hydrogens (primary N) is 1. The molecule has 2 N–H and O–H groups in total. The Hall–Kier alpha value is -3.11. The fourth-order valence-electron chi connectivity index (χ4n) is 2.16. The number of esters is 1. The summed E-state index contributed by atoms with van der Waals surface area (Å²) in [5.74, 6) is -1.06. The molecular formula is C18H29N5O6. The molecule has 0 spiro atoms. The van der Waals surface area contributed by atoms with Gasteiger partial charge in [-0.2, -0.15) is 4.98 Å². The van der Waals surface area contributed by atoms with Gasteiger partial charge >= 0.3 is 17.8 Å². The van der Waals surface area contributed by atoms with Gasteiger partial charge < -0.3 is 25.0 Å². The van der Waals surface area contributed by atoms with E-state index in [1.54, 1.807) is 27.7 Å². The van der Waals surface area contributed by atoms with Crippen LogP contribution in [0, 0.1) is 0 Å². The number of likely N-dealkylation sites (N-methyl/N-ethyl adjacent to an activating group) is 1. The number of nitrogen functional groups attached to an aromatic ring is 1. The van der Waals surface area contributed by atoms with E-state index in [0.29, 0.717) is 0 Å². The molecule has 1 rings (SSSR count). The maximum Gasteiger partial charge on any atom is 0.410 e. The van der Waals surface area contributed by atoms with Gasteiger partial charge in [0, 0.05) is 26.3 Å². The lowest BCUT2D eigenvalue weighted by atomic mass is 10.2.